The molecule has 21 heavy (non-hydrogen) atoms. The monoisotopic (exact) mass is 291 g/mol. The van der Waals surface area contributed by atoms with Crippen LogP contribution in [0.2, 0.25) is 0 Å². The van der Waals surface area contributed by atoms with Gasteiger partial charge in [0.2, 0.25) is 0 Å². The molecule has 112 valence electrons. The first-order valence-corrected chi connectivity index (χ1v) is 7.21. The summed E-state index contributed by atoms with van der Waals surface area (Å²) in [5.74, 6) is 0.315. The number of nitrogens with zero attached hydrogens (tertiary/aromatic N) is 2. The molecule has 2 aromatic rings. The molecule has 0 fully saturated rings. The van der Waals surface area contributed by atoms with Gasteiger partial charge in [-0.3, -0.25) is 0 Å². The van der Waals surface area contributed by atoms with Crippen molar-refractivity contribution in [3.05, 3.63) is 41.7 Å². The van der Waals surface area contributed by atoms with Gasteiger partial charge >= 0.3 is 0 Å². The number of anilines is 1. The third kappa shape index (κ3) is 3.97. The molecule has 0 bridgehead atoms. The van der Waals surface area contributed by atoms with Crippen LogP contribution in [-0.4, -0.2) is 16.5 Å². The van der Waals surface area contributed by atoms with Gasteiger partial charge in [0.15, 0.2) is 0 Å². The van der Waals surface area contributed by atoms with E-state index < -0.39 is 11.6 Å². The summed E-state index contributed by atoms with van der Waals surface area (Å²) in [6, 6.07) is 5.04. The van der Waals surface area contributed by atoms with Crippen molar-refractivity contribution in [2.24, 2.45) is 0 Å². The zero-order valence-corrected chi connectivity index (χ0v) is 12.3. The average molecular weight is 291 g/mol. The molecule has 5 heteroatoms. The minimum Gasteiger partial charge on any atom is -0.370 e. The zero-order chi connectivity index (χ0) is 15.2. The second kappa shape index (κ2) is 7.11. The van der Waals surface area contributed by atoms with E-state index in [2.05, 4.69) is 15.3 Å². The van der Waals surface area contributed by atoms with Crippen molar-refractivity contribution in [2.75, 3.05) is 11.9 Å². The molecule has 1 aromatic carbocycles. The highest BCUT2D eigenvalue weighted by Gasteiger charge is 2.11. The fraction of sp³-hybridized carbons (Fsp3) is 0.375. The summed E-state index contributed by atoms with van der Waals surface area (Å²) in [4.78, 5) is 8.75. The Bertz CT molecular complexity index is 614. The van der Waals surface area contributed by atoms with E-state index in [9.17, 15) is 8.78 Å². The van der Waals surface area contributed by atoms with Crippen LogP contribution in [0.3, 0.4) is 0 Å². The van der Waals surface area contributed by atoms with Crippen LogP contribution in [0.1, 0.15) is 32.5 Å². The van der Waals surface area contributed by atoms with E-state index in [-0.39, 0.29) is 5.56 Å². The summed E-state index contributed by atoms with van der Waals surface area (Å²) in [5.41, 5.74) is 0.568. The highest BCUT2D eigenvalue weighted by molar-refractivity contribution is 5.63. The smallest absolute Gasteiger partial charge is 0.132 e. The lowest BCUT2D eigenvalue weighted by atomic mass is 10.1. The molecule has 0 aliphatic carbocycles. The summed E-state index contributed by atoms with van der Waals surface area (Å²) in [6.07, 6.45) is 2.55. The Balaban J connectivity index is 2.45. The Labute approximate surface area is 123 Å². The minimum atomic E-state index is -0.487. The van der Waals surface area contributed by atoms with Crippen molar-refractivity contribution in [1.29, 1.82) is 0 Å². The molecule has 0 aliphatic rings. The Morgan fingerprint density at radius 2 is 1.86 bits per heavy atom. The van der Waals surface area contributed by atoms with Crippen LogP contribution in [0.25, 0.3) is 11.3 Å². The van der Waals surface area contributed by atoms with Crippen LogP contribution in [-0.2, 0) is 6.42 Å². The number of hydrogen-bond donors (Lipinski definition) is 1. The van der Waals surface area contributed by atoms with Crippen LogP contribution in [0, 0.1) is 11.6 Å². The predicted octanol–water partition coefficient (Wildman–Crippen LogP) is 4.20. The molecule has 1 aromatic heterocycles. The Morgan fingerprint density at radius 3 is 2.57 bits per heavy atom. The zero-order valence-electron chi connectivity index (χ0n) is 12.3. The molecule has 0 amide bonds. The maximum atomic E-state index is 13.9. The lowest BCUT2D eigenvalue weighted by molar-refractivity contribution is 0.602. The minimum absolute atomic E-state index is 0.161. The van der Waals surface area contributed by atoms with E-state index in [0.717, 1.165) is 37.6 Å². The van der Waals surface area contributed by atoms with E-state index in [0.29, 0.717) is 23.8 Å². The van der Waals surface area contributed by atoms with Crippen LogP contribution in [0.4, 0.5) is 14.6 Å². The van der Waals surface area contributed by atoms with Gasteiger partial charge in [0.25, 0.3) is 0 Å². The van der Waals surface area contributed by atoms with Crippen molar-refractivity contribution in [1.82, 2.24) is 9.97 Å². The van der Waals surface area contributed by atoms with Crippen LogP contribution >= 0.6 is 0 Å². The van der Waals surface area contributed by atoms with Gasteiger partial charge in [0.05, 0.1) is 5.69 Å². The topological polar surface area (TPSA) is 37.8 Å². The lowest BCUT2D eigenvalue weighted by Crippen LogP contribution is -2.06. The number of hydrogen-bond acceptors (Lipinski definition) is 3. The number of aryl methyl sites for hydroxylation is 1. The SMILES string of the molecule is CCCNc1cc(-c2cc(F)ccc2F)nc(CCC)n1. The van der Waals surface area contributed by atoms with E-state index in [1.807, 2.05) is 13.8 Å². The van der Waals surface area contributed by atoms with Crippen molar-refractivity contribution in [2.45, 2.75) is 33.1 Å². The predicted molar refractivity (Wildman–Crippen MR) is 80.2 cm³/mol. The molecular weight excluding hydrogens is 272 g/mol. The maximum absolute atomic E-state index is 13.9. The van der Waals surface area contributed by atoms with Crippen molar-refractivity contribution >= 4 is 5.82 Å². The lowest BCUT2D eigenvalue weighted by Gasteiger charge is -2.10. The fourth-order valence-corrected chi connectivity index (χ4v) is 2.01. The molecule has 1 heterocycles. The molecule has 0 saturated carbocycles. The first kappa shape index (κ1) is 15.4. The molecule has 3 nitrogen and oxygen atoms in total. The van der Waals surface area contributed by atoms with Crippen molar-refractivity contribution in [3.8, 4) is 11.3 Å². The first-order chi connectivity index (χ1) is 10.1. The summed E-state index contributed by atoms with van der Waals surface area (Å²) < 4.78 is 27.3. The van der Waals surface area contributed by atoms with Crippen LogP contribution < -0.4 is 5.32 Å². The molecule has 0 spiro atoms. The van der Waals surface area contributed by atoms with Gasteiger partial charge in [-0.05, 0) is 31.0 Å². The third-order valence-corrected chi connectivity index (χ3v) is 3.01. The average Bonchev–Trinajstić information content (AvgIpc) is 2.48. The number of benzene rings is 1. The molecule has 0 unspecified atom stereocenters. The number of nitrogens with one attached hydrogen (secondary N) is 1. The highest BCUT2D eigenvalue weighted by Crippen LogP contribution is 2.24. The van der Waals surface area contributed by atoms with Gasteiger partial charge in [-0.15, -0.1) is 0 Å². The normalized spacial score (nSPS) is 10.7. The Kier molecular flexibility index (Phi) is 5.20. The number of rotatable bonds is 6. The van der Waals surface area contributed by atoms with Gasteiger partial charge in [0.1, 0.15) is 23.3 Å². The number of aromatic nitrogens is 2. The van der Waals surface area contributed by atoms with Crippen LogP contribution in [0.15, 0.2) is 24.3 Å². The second-order valence-electron chi connectivity index (χ2n) is 4.86. The number of halogens is 2. The molecule has 1 N–H and O–H groups in total. The molecule has 0 aliphatic heterocycles. The molecular formula is C16H19F2N3. The quantitative estimate of drug-likeness (QED) is 0.867. The van der Waals surface area contributed by atoms with E-state index in [1.54, 1.807) is 6.07 Å². The third-order valence-electron chi connectivity index (χ3n) is 3.01. The first-order valence-electron chi connectivity index (χ1n) is 7.21. The van der Waals surface area contributed by atoms with E-state index >= 15 is 0 Å². The van der Waals surface area contributed by atoms with E-state index in [1.165, 1.54) is 0 Å². The second-order valence-corrected chi connectivity index (χ2v) is 4.86. The van der Waals surface area contributed by atoms with Gasteiger partial charge in [-0.1, -0.05) is 13.8 Å². The fourth-order valence-electron chi connectivity index (χ4n) is 2.01. The summed E-state index contributed by atoms with van der Waals surface area (Å²) in [7, 11) is 0. The molecule has 0 atom stereocenters. The molecule has 0 radical (unpaired) electrons. The van der Waals surface area contributed by atoms with Gasteiger partial charge in [-0.25, -0.2) is 18.7 Å². The van der Waals surface area contributed by atoms with Gasteiger partial charge < -0.3 is 5.32 Å². The van der Waals surface area contributed by atoms with Crippen molar-refractivity contribution < 1.29 is 8.78 Å². The van der Waals surface area contributed by atoms with Crippen LogP contribution in [0.5, 0.6) is 0 Å². The summed E-state index contributed by atoms with van der Waals surface area (Å²) in [5, 5.41) is 3.17. The largest absolute Gasteiger partial charge is 0.370 e. The molecule has 2 rings (SSSR count). The molecule has 0 saturated heterocycles. The standard InChI is InChI=1S/C16H19F2N3/c1-3-5-15-20-14(10-16(21-15)19-8-4-2)12-9-11(17)6-7-13(12)18/h6-7,9-10H,3-5,8H2,1-2H3,(H,19,20,21). The van der Waals surface area contributed by atoms with Crippen molar-refractivity contribution in [3.63, 3.8) is 0 Å². The highest BCUT2D eigenvalue weighted by atomic mass is 19.1. The Hall–Kier alpha value is -2.04. The van der Waals surface area contributed by atoms with Gasteiger partial charge in [-0.2, -0.15) is 0 Å². The van der Waals surface area contributed by atoms with Gasteiger partial charge in [0, 0.05) is 24.6 Å². The Morgan fingerprint density at radius 1 is 1.05 bits per heavy atom. The summed E-state index contributed by atoms with van der Waals surface area (Å²) in [6.45, 7) is 4.85. The summed E-state index contributed by atoms with van der Waals surface area (Å²) >= 11 is 0. The maximum Gasteiger partial charge on any atom is 0.132 e. The van der Waals surface area contributed by atoms with E-state index in [4.69, 9.17) is 0 Å².